The van der Waals surface area contributed by atoms with Crippen molar-refractivity contribution in [1.82, 2.24) is 0 Å². The van der Waals surface area contributed by atoms with Gasteiger partial charge in [0.05, 0.1) is 75.4 Å². The highest BCUT2D eigenvalue weighted by molar-refractivity contribution is 6.31. The average molecular weight is 1880 g/mol. The standard InChI is InChI=1S/3C48H30/c3*1-3-14-39-31(8-1)10-6-16-41(39)33-18-20-34(21-19-33)43-26-24-35-22-23-36-25-27-44(46-29-28-45(43)47(35)48(36)46)38-13-5-12-37(30-38)42-17-7-11-32-9-2-4-15-40(32)42/h3*1-30H/i1D,2D,3D,4D,5D,6D,7D,8D,9D,10D,11D,12D,13D,14D,15D,17D,18D,19D,20D,21D,22D,23D,24D,25D,26D,27D,28D,29D,30D;1D,3D,6D,8D,10D,14D,18D,19D,20D,21D,22D,23D,24D,25D,26D,27D,28D,29D;22D,23D,24D,25D,26D,27D,28D,29D. The first kappa shape index (κ1) is 45.0. The van der Waals surface area contributed by atoms with Crippen molar-refractivity contribution >= 4 is 162 Å². The average Bonchev–Trinajstić information content (AvgIpc) is 0.654. The Morgan fingerprint density at radius 2 is 0.340 bits per heavy atom. The Balaban J connectivity index is 0.000000134. The van der Waals surface area contributed by atoms with E-state index in [0.29, 0.717) is 27.5 Å². The molecule has 0 nitrogen and oxygen atoms in total. The molecule has 0 bridgehead atoms. The maximum Gasteiger partial charge on any atom is 0.0636 e. The van der Waals surface area contributed by atoms with E-state index in [1.165, 1.54) is 0 Å². The zero-order valence-corrected chi connectivity index (χ0v) is 74.7. The third kappa shape index (κ3) is 14.3. The Labute approximate surface area is 912 Å². The van der Waals surface area contributed by atoms with Gasteiger partial charge in [-0.1, -0.05) is 526 Å². The Hall–Kier alpha value is -18.7. The van der Waals surface area contributed by atoms with Crippen LogP contribution in [0.3, 0.4) is 0 Å². The van der Waals surface area contributed by atoms with E-state index in [1.54, 1.807) is 18.2 Å². The Bertz CT molecular complexity index is 13900. The zero-order chi connectivity index (χ0) is 143. The topological polar surface area (TPSA) is 0 Å². The smallest absolute Gasteiger partial charge is 0.0616 e. The molecular formula is C144H90. The van der Waals surface area contributed by atoms with Crippen molar-refractivity contribution in [2.45, 2.75) is 0 Å². The van der Waals surface area contributed by atoms with Crippen molar-refractivity contribution in [2.75, 3.05) is 0 Å². The van der Waals surface area contributed by atoms with Crippen LogP contribution in [-0.2, 0) is 0 Å². The molecule has 0 aliphatic heterocycles. The van der Waals surface area contributed by atoms with Gasteiger partial charge in [0.25, 0.3) is 0 Å². The molecule has 0 saturated heterocycles. The lowest BCUT2D eigenvalue weighted by Gasteiger charge is -2.17. The van der Waals surface area contributed by atoms with Gasteiger partial charge in [0.15, 0.2) is 0 Å². The van der Waals surface area contributed by atoms with Gasteiger partial charge in [-0.25, -0.2) is 0 Å². The second kappa shape index (κ2) is 34.7. The fraction of sp³-hybridized carbons (Fsp3) is 0. The first-order valence-electron chi connectivity index (χ1n) is 73.1. The normalized spacial score (nSPS) is 17.1. The summed E-state index contributed by atoms with van der Waals surface area (Å²) in [6, 6.07) is 27.6. The molecule has 0 N–H and O–H groups in total. The molecule has 0 fully saturated rings. The quantitative estimate of drug-likeness (QED) is 0.107. The van der Waals surface area contributed by atoms with E-state index in [1.807, 2.05) is 140 Å². The summed E-state index contributed by atoms with van der Waals surface area (Å²) in [5, 5.41) is 0.357. The van der Waals surface area contributed by atoms with Gasteiger partial charge in [0, 0.05) is 0 Å². The summed E-state index contributed by atoms with van der Waals surface area (Å²) in [5.41, 5.74) is 0.286. The molecule has 0 spiro atoms. The first-order chi connectivity index (χ1) is 94.4. The van der Waals surface area contributed by atoms with Gasteiger partial charge in [-0.3, -0.25) is 0 Å². The minimum absolute atomic E-state index is 0.0192. The third-order valence-electron chi connectivity index (χ3n) is 26.2. The predicted octanol–water partition coefficient (Wildman–Crippen LogP) is 40.7. The van der Waals surface area contributed by atoms with Gasteiger partial charge in [-0.15, -0.1) is 0 Å². The molecule has 30 rings (SSSR count). The van der Waals surface area contributed by atoms with Gasteiger partial charge in [0.2, 0.25) is 0 Å². The lowest BCUT2D eigenvalue weighted by molar-refractivity contribution is 1.62. The minimum atomic E-state index is -1.03. The Kier molecular flexibility index (Phi) is 10.9. The molecule has 0 radical (unpaired) electrons. The van der Waals surface area contributed by atoms with Crippen LogP contribution in [0.5, 0.6) is 0 Å². The molecule has 30 aromatic carbocycles. The van der Waals surface area contributed by atoms with Crippen molar-refractivity contribution in [1.29, 1.82) is 0 Å². The maximum absolute atomic E-state index is 9.69. The van der Waals surface area contributed by atoms with E-state index in [2.05, 4.69) is 42.5 Å². The number of hydrogen-bond donors (Lipinski definition) is 0. The molecule has 0 aliphatic rings. The monoisotopic (exact) mass is 1870 g/mol. The molecule has 666 valence electrons. The van der Waals surface area contributed by atoms with Crippen LogP contribution >= 0.6 is 0 Å². The molecule has 0 atom stereocenters. The van der Waals surface area contributed by atoms with Gasteiger partial charge in [-0.2, -0.15) is 0 Å². The maximum atomic E-state index is 9.69. The summed E-state index contributed by atoms with van der Waals surface area (Å²) in [6.45, 7) is 0. The highest BCUT2D eigenvalue weighted by atomic mass is 14.3. The molecule has 0 aromatic heterocycles. The third-order valence-corrected chi connectivity index (χ3v) is 26.2. The Morgan fingerprint density at radius 1 is 0.104 bits per heavy atom. The van der Waals surface area contributed by atoms with E-state index >= 15 is 0 Å². The van der Waals surface area contributed by atoms with Gasteiger partial charge >= 0.3 is 0 Å². The van der Waals surface area contributed by atoms with E-state index in [4.69, 9.17) is 37.0 Å². The summed E-state index contributed by atoms with van der Waals surface area (Å²) in [6.07, 6.45) is 0. The Morgan fingerprint density at radius 3 is 0.701 bits per heavy atom. The minimum Gasteiger partial charge on any atom is -0.0616 e. The molecular weight excluding hydrogens is 1730 g/mol. The van der Waals surface area contributed by atoms with Crippen molar-refractivity contribution in [3.8, 4) is 134 Å². The van der Waals surface area contributed by atoms with Gasteiger partial charge in [-0.05, 0) is 313 Å². The van der Waals surface area contributed by atoms with E-state index in [-0.39, 0.29) is 141 Å². The molecule has 0 unspecified atom stereocenters. The summed E-state index contributed by atoms with van der Waals surface area (Å²) >= 11 is 0. The molecule has 0 aliphatic carbocycles. The molecule has 30 aromatic rings. The van der Waals surface area contributed by atoms with Crippen LogP contribution in [0.25, 0.3) is 295 Å². The number of rotatable bonds is 12. The van der Waals surface area contributed by atoms with Crippen molar-refractivity contribution < 1.29 is 75.4 Å². The second-order valence-electron chi connectivity index (χ2n) is 34.2. The lowest BCUT2D eigenvalue weighted by Crippen LogP contribution is -1.90. The predicted molar refractivity (Wildman–Crippen MR) is 621 cm³/mol. The van der Waals surface area contributed by atoms with Crippen molar-refractivity contribution in [3.05, 3.63) is 545 Å². The summed E-state index contributed by atoms with van der Waals surface area (Å²) in [7, 11) is 0. The molecule has 144 heavy (non-hydrogen) atoms. The fourth-order valence-electron chi connectivity index (χ4n) is 19.6. The van der Waals surface area contributed by atoms with Crippen LogP contribution in [0, 0.1) is 0 Å². The lowest BCUT2D eigenvalue weighted by atomic mass is 9.86. The van der Waals surface area contributed by atoms with Crippen molar-refractivity contribution in [3.63, 3.8) is 0 Å². The van der Waals surface area contributed by atoms with E-state index < -0.39 is 393 Å². The summed E-state index contributed by atoms with van der Waals surface area (Å²) in [5.74, 6) is 0. The van der Waals surface area contributed by atoms with Gasteiger partial charge in [0.1, 0.15) is 0 Å². The summed E-state index contributed by atoms with van der Waals surface area (Å²) in [4.78, 5) is 0. The number of fused-ring (bicyclic) bond motifs is 6. The van der Waals surface area contributed by atoms with Gasteiger partial charge < -0.3 is 0 Å². The van der Waals surface area contributed by atoms with Crippen LogP contribution in [0.15, 0.2) is 545 Å². The highest BCUT2D eigenvalue weighted by Gasteiger charge is 2.23. The fourth-order valence-corrected chi connectivity index (χ4v) is 19.6. The number of benzene rings is 30. The van der Waals surface area contributed by atoms with Crippen LogP contribution in [-0.4, -0.2) is 0 Å². The van der Waals surface area contributed by atoms with E-state index in [0.717, 1.165) is 77.8 Å². The molecule has 0 heterocycles. The van der Waals surface area contributed by atoms with Crippen LogP contribution in [0.1, 0.15) is 75.4 Å². The number of hydrogen-bond acceptors (Lipinski definition) is 0. The highest BCUT2D eigenvalue weighted by Crippen LogP contribution is 2.50. The van der Waals surface area contributed by atoms with Crippen LogP contribution in [0.2, 0.25) is 0 Å². The first-order valence-corrected chi connectivity index (χ1v) is 45.6. The molecule has 0 saturated carbocycles. The second-order valence-corrected chi connectivity index (χ2v) is 34.2. The molecule has 0 heteroatoms. The van der Waals surface area contributed by atoms with Crippen LogP contribution < -0.4 is 0 Å². The SMILES string of the molecule is [2H]c1c([2H])c2c([2H])c([2H])c3c([2H])c([2H])c(-c4cccc(-c5cccc6ccccc56)c4)c4c([2H])c([2H])c(c1-c1ccc(-c5cccc6ccccc56)cc1)c2c34.[2H]c1cc(-c2c([2H])c([2H])c(-c3c([2H])c([2H])c4c([2H])c([2H])c5c([2H])c([2H])c(-c6c([2H])c([2H])c([2H])c(-c7c([2H])c([2H])c([2H])c8c([2H])c([2H])c([2H])c([2H])c78)c6[2H])c6c([2H])c([2H])c3c4c56)c([2H])c2[2H])c2c([2H])c([2H])c([2H])c([2H])c2c1[2H].[2H]c1cc(-c2c([2H])c([2H])c(-c3c([2H])c([2H])c4c([2H])c([2H])c5c([2H])c([2H])c(-c6cccc(-c7cccc8ccccc78)c6)c6c([2H])c([2H])c3c4c56)c([2H])c2[2H])c2c([2H])c([2H])c([2H])c([2H])c2c1[2H]. The van der Waals surface area contributed by atoms with Crippen molar-refractivity contribution in [2.24, 2.45) is 0 Å². The molecule has 0 amide bonds. The van der Waals surface area contributed by atoms with Crippen LogP contribution in [0.4, 0.5) is 0 Å². The largest absolute Gasteiger partial charge is 0.0636 e. The summed E-state index contributed by atoms with van der Waals surface area (Å²) < 4.78 is 498. The zero-order valence-electron chi connectivity index (χ0n) is 130. The van der Waals surface area contributed by atoms with E-state index in [9.17, 15) is 38.4 Å².